The molecule has 25 heavy (non-hydrogen) atoms. The van der Waals surface area contributed by atoms with Crippen LogP contribution in [0.25, 0.3) is 5.69 Å². The third-order valence-corrected chi connectivity index (χ3v) is 4.57. The van der Waals surface area contributed by atoms with Crippen LogP contribution in [0.5, 0.6) is 0 Å². The van der Waals surface area contributed by atoms with Gasteiger partial charge in [0.15, 0.2) is 0 Å². The van der Waals surface area contributed by atoms with Gasteiger partial charge in [0, 0.05) is 44.9 Å². The number of benzene rings is 1. The molecule has 0 fully saturated rings. The maximum Gasteiger partial charge on any atom is 0.267 e. The Kier molecular flexibility index (Phi) is 4.19. The minimum absolute atomic E-state index is 0.0172. The van der Waals surface area contributed by atoms with Crippen molar-refractivity contribution in [1.82, 2.24) is 24.5 Å². The molecule has 6 heteroatoms. The Bertz CT molecular complexity index is 928. The average Bonchev–Trinajstić information content (AvgIpc) is 3.10. The van der Waals surface area contributed by atoms with E-state index in [1.807, 2.05) is 48.1 Å². The minimum Gasteiger partial charge on any atom is -0.293 e. The van der Waals surface area contributed by atoms with E-state index in [4.69, 9.17) is 0 Å². The zero-order valence-corrected chi connectivity index (χ0v) is 14.3. The summed E-state index contributed by atoms with van der Waals surface area (Å²) in [5.41, 5.74) is 4.16. The zero-order chi connectivity index (χ0) is 17.2. The largest absolute Gasteiger partial charge is 0.293 e. The first-order valence-electron chi connectivity index (χ1n) is 8.65. The summed E-state index contributed by atoms with van der Waals surface area (Å²) in [7, 11) is 0. The highest BCUT2D eigenvalue weighted by atomic mass is 16.1. The van der Waals surface area contributed by atoms with Crippen LogP contribution in [0.15, 0.2) is 53.5 Å². The van der Waals surface area contributed by atoms with Crippen molar-refractivity contribution in [1.29, 1.82) is 0 Å². The second-order valence-electron chi connectivity index (χ2n) is 6.32. The second-order valence-corrected chi connectivity index (χ2v) is 6.32. The van der Waals surface area contributed by atoms with Gasteiger partial charge >= 0.3 is 0 Å². The molecule has 0 amide bonds. The van der Waals surface area contributed by atoms with Crippen LogP contribution in [-0.2, 0) is 26.1 Å². The maximum atomic E-state index is 12.0. The summed E-state index contributed by atoms with van der Waals surface area (Å²) < 4.78 is 3.44. The SMILES string of the molecule is CCn1nc2c(cc1=O)CN(Cc1ccn(-c3ccccc3)n1)CC2. The van der Waals surface area contributed by atoms with E-state index >= 15 is 0 Å². The molecule has 0 radical (unpaired) electrons. The highest BCUT2D eigenvalue weighted by molar-refractivity contribution is 5.30. The molecule has 1 aromatic carbocycles. The van der Waals surface area contributed by atoms with Gasteiger partial charge in [-0.15, -0.1) is 0 Å². The van der Waals surface area contributed by atoms with Crippen molar-refractivity contribution in [3.8, 4) is 5.69 Å². The first-order chi connectivity index (χ1) is 12.2. The van der Waals surface area contributed by atoms with Gasteiger partial charge in [-0.25, -0.2) is 9.36 Å². The van der Waals surface area contributed by atoms with Gasteiger partial charge in [0.25, 0.3) is 5.56 Å². The topological polar surface area (TPSA) is 56.0 Å². The molecule has 0 bridgehead atoms. The molecule has 0 N–H and O–H groups in total. The molecule has 2 aromatic heterocycles. The quantitative estimate of drug-likeness (QED) is 0.732. The van der Waals surface area contributed by atoms with Crippen molar-refractivity contribution >= 4 is 0 Å². The molecule has 128 valence electrons. The van der Waals surface area contributed by atoms with Gasteiger partial charge in [0.2, 0.25) is 0 Å². The van der Waals surface area contributed by atoms with Gasteiger partial charge in [0.1, 0.15) is 0 Å². The lowest BCUT2D eigenvalue weighted by atomic mass is 10.1. The van der Waals surface area contributed by atoms with Gasteiger partial charge in [-0.3, -0.25) is 9.69 Å². The number of hydrogen-bond donors (Lipinski definition) is 0. The standard InChI is InChI=1S/C19H21N5O/c1-2-23-19(25)12-15-13-22(10-9-18(15)21-23)14-16-8-11-24(20-16)17-6-4-3-5-7-17/h3-8,11-12H,2,9-10,13-14H2,1H3. The zero-order valence-electron chi connectivity index (χ0n) is 14.3. The highest BCUT2D eigenvalue weighted by Gasteiger charge is 2.19. The molecule has 0 saturated heterocycles. The van der Waals surface area contributed by atoms with Crippen molar-refractivity contribution in [2.24, 2.45) is 0 Å². The fourth-order valence-electron chi connectivity index (χ4n) is 3.26. The molecule has 0 atom stereocenters. The van der Waals surface area contributed by atoms with Crippen LogP contribution in [0.4, 0.5) is 0 Å². The van der Waals surface area contributed by atoms with E-state index in [1.165, 1.54) is 4.68 Å². The normalized spacial score (nSPS) is 14.4. The Labute approximate surface area is 146 Å². The Hall–Kier alpha value is -2.73. The predicted molar refractivity (Wildman–Crippen MR) is 95.6 cm³/mol. The Morgan fingerprint density at radius 3 is 2.76 bits per heavy atom. The summed E-state index contributed by atoms with van der Waals surface area (Å²) >= 11 is 0. The number of aryl methyl sites for hydroxylation is 1. The number of fused-ring (bicyclic) bond motifs is 1. The molecule has 6 nitrogen and oxygen atoms in total. The van der Waals surface area contributed by atoms with E-state index in [2.05, 4.69) is 21.2 Å². The van der Waals surface area contributed by atoms with Crippen LogP contribution >= 0.6 is 0 Å². The minimum atomic E-state index is -0.0172. The lowest BCUT2D eigenvalue weighted by Crippen LogP contribution is -2.34. The van der Waals surface area contributed by atoms with Crippen LogP contribution in [0.3, 0.4) is 0 Å². The van der Waals surface area contributed by atoms with Crippen LogP contribution in [-0.4, -0.2) is 31.0 Å². The van der Waals surface area contributed by atoms with E-state index in [1.54, 1.807) is 6.07 Å². The predicted octanol–water partition coefficient (Wildman–Crippen LogP) is 2.01. The molecular weight excluding hydrogens is 314 g/mol. The van der Waals surface area contributed by atoms with Crippen LogP contribution in [0.2, 0.25) is 0 Å². The smallest absolute Gasteiger partial charge is 0.267 e. The molecule has 3 aromatic rings. The fourth-order valence-corrected chi connectivity index (χ4v) is 3.26. The molecule has 1 aliphatic rings. The highest BCUT2D eigenvalue weighted by Crippen LogP contribution is 2.17. The van der Waals surface area contributed by atoms with Crippen LogP contribution in [0, 0.1) is 0 Å². The first-order valence-corrected chi connectivity index (χ1v) is 8.65. The number of nitrogens with zero attached hydrogens (tertiary/aromatic N) is 5. The summed E-state index contributed by atoms with van der Waals surface area (Å²) in [5.74, 6) is 0. The number of para-hydroxylation sites is 1. The van der Waals surface area contributed by atoms with Gasteiger partial charge in [0.05, 0.1) is 17.1 Å². The third kappa shape index (κ3) is 3.25. The summed E-state index contributed by atoms with van der Waals surface area (Å²) in [4.78, 5) is 14.3. The lowest BCUT2D eigenvalue weighted by molar-refractivity contribution is 0.238. The molecule has 3 heterocycles. The molecule has 0 spiro atoms. The summed E-state index contributed by atoms with van der Waals surface area (Å²) in [6.45, 7) is 5.02. The number of rotatable bonds is 4. The van der Waals surface area contributed by atoms with E-state index < -0.39 is 0 Å². The lowest BCUT2D eigenvalue weighted by Gasteiger charge is -2.27. The Balaban J connectivity index is 1.49. The van der Waals surface area contributed by atoms with Crippen molar-refractivity contribution in [3.63, 3.8) is 0 Å². The van der Waals surface area contributed by atoms with Crippen LogP contribution in [0.1, 0.15) is 23.9 Å². The van der Waals surface area contributed by atoms with E-state index in [9.17, 15) is 4.79 Å². The van der Waals surface area contributed by atoms with Crippen LogP contribution < -0.4 is 5.56 Å². The molecule has 0 saturated carbocycles. The Morgan fingerprint density at radius 2 is 1.96 bits per heavy atom. The van der Waals surface area contributed by atoms with Crippen molar-refractivity contribution in [3.05, 3.63) is 76.0 Å². The van der Waals surface area contributed by atoms with E-state index in [0.29, 0.717) is 6.54 Å². The van der Waals surface area contributed by atoms with Crippen molar-refractivity contribution < 1.29 is 0 Å². The molecule has 1 aliphatic heterocycles. The van der Waals surface area contributed by atoms with Gasteiger partial charge in [-0.2, -0.15) is 10.2 Å². The average molecular weight is 335 g/mol. The molecule has 4 rings (SSSR count). The number of aromatic nitrogens is 4. The monoisotopic (exact) mass is 335 g/mol. The van der Waals surface area contributed by atoms with E-state index in [0.717, 1.165) is 48.7 Å². The van der Waals surface area contributed by atoms with Gasteiger partial charge < -0.3 is 0 Å². The maximum absolute atomic E-state index is 12.0. The summed E-state index contributed by atoms with van der Waals surface area (Å²) in [6, 6.07) is 13.9. The van der Waals surface area contributed by atoms with Gasteiger partial charge in [-0.05, 0) is 30.7 Å². The second kappa shape index (κ2) is 6.64. The molecule has 0 unspecified atom stereocenters. The molecular formula is C19H21N5O. The first kappa shape index (κ1) is 15.8. The number of hydrogen-bond acceptors (Lipinski definition) is 4. The van der Waals surface area contributed by atoms with Crippen molar-refractivity contribution in [2.45, 2.75) is 33.0 Å². The Morgan fingerprint density at radius 1 is 1.12 bits per heavy atom. The fraction of sp³-hybridized carbons (Fsp3) is 0.316. The van der Waals surface area contributed by atoms with Gasteiger partial charge in [-0.1, -0.05) is 18.2 Å². The summed E-state index contributed by atoms with van der Waals surface area (Å²) in [5, 5.41) is 9.14. The molecule has 0 aliphatic carbocycles. The van der Waals surface area contributed by atoms with Crippen molar-refractivity contribution in [2.75, 3.05) is 6.54 Å². The summed E-state index contributed by atoms with van der Waals surface area (Å²) in [6.07, 6.45) is 2.86. The third-order valence-electron chi connectivity index (χ3n) is 4.57. The van der Waals surface area contributed by atoms with E-state index in [-0.39, 0.29) is 5.56 Å².